The lowest BCUT2D eigenvalue weighted by molar-refractivity contribution is 0.409. The van der Waals surface area contributed by atoms with Crippen molar-refractivity contribution in [3.63, 3.8) is 0 Å². The number of benzene rings is 1. The summed E-state index contributed by atoms with van der Waals surface area (Å²) in [7, 11) is 1.73. The number of aromatic nitrogens is 2. The van der Waals surface area contributed by atoms with Crippen LogP contribution in [0, 0.1) is 5.92 Å². The predicted octanol–water partition coefficient (Wildman–Crippen LogP) is 3.19. The van der Waals surface area contributed by atoms with Gasteiger partial charge in [0.1, 0.15) is 5.75 Å². The monoisotopic (exact) mass is 278 g/mol. The number of hydrogen-bond donors (Lipinski definition) is 1. The van der Waals surface area contributed by atoms with E-state index >= 15 is 0 Å². The van der Waals surface area contributed by atoms with Crippen LogP contribution in [0.25, 0.3) is 0 Å². The number of hydrogen-bond acceptors (Lipinski definition) is 2. The summed E-state index contributed by atoms with van der Waals surface area (Å²) in [6.45, 7) is 0. The maximum absolute atomic E-state index is 5.31. The molecular weight excluding hydrogens is 260 g/mol. The van der Waals surface area contributed by atoms with E-state index in [0.29, 0.717) is 5.92 Å². The van der Waals surface area contributed by atoms with Crippen LogP contribution in [0.3, 0.4) is 0 Å². The Morgan fingerprint density at radius 1 is 1.37 bits per heavy atom. The van der Waals surface area contributed by atoms with E-state index in [2.05, 4.69) is 28.2 Å². The predicted molar refractivity (Wildman–Crippen MR) is 78.0 cm³/mol. The van der Waals surface area contributed by atoms with E-state index in [1.807, 2.05) is 6.20 Å². The molecule has 1 aliphatic rings. The molecule has 1 atom stereocenters. The normalized spacial score (nSPS) is 17.4. The highest BCUT2D eigenvalue weighted by Gasteiger charge is 2.19. The van der Waals surface area contributed by atoms with Gasteiger partial charge in [-0.15, -0.1) is 12.4 Å². The molecule has 1 aliphatic carbocycles. The Morgan fingerprint density at radius 2 is 2.26 bits per heavy atom. The highest BCUT2D eigenvalue weighted by atomic mass is 35.5. The van der Waals surface area contributed by atoms with Gasteiger partial charge in [0.15, 0.2) is 0 Å². The second-order valence-corrected chi connectivity index (χ2v) is 5.02. The van der Waals surface area contributed by atoms with Gasteiger partial charge in [0.25, 0.3) is 0 Å². The maximum Gasteiger partial charge on any atom is 0.119 e. The number of imidazole rings is 1. The molecule has 0 fully saturated rings. The molecule has 1 aromatic heterocycles. The minimum Gasteiger partial charge on any atom is -0.497 e. The molecule has 0 saturated heterocycles. The molecule has 19 heavy (non-hydrogen) atoms. The Balaban J connectivity index is 0.00000133. The van der Waals surface area contributed by atoms with Crippen molar-refractivity contribution >= 4 is 12.4 Å². The summed E-state index contributed by atoms with van der Waals surface area (Å²) in [6, 6.07) is 6.46. The van der Waals surface area contributed by atoms with Crippen molar-refractivity contribution < 1.29 is 4.74 Å². The molecule has 3 rings (SSSR count). The molecule has 0 aliphatic heterocycles. The highest BCUT2D eigenvalue weighted by molar-refractivity contribution is 5.85. The zero-order chi connectivity index (χ0) is 12.4. The van der Waals surface area contributed by atoms with Gasteiger partial charge in [0, 0.05) is 11.9 Å². The minimum absolute atomic E-state index is 0. The van der Waals surface area contributed by atoms with Crippen molar-refractivity contribution in [3.05, 3.63) is 47.5 Å². The van der Waals surface area contributed by atoms with Crippen LogP contribution in [0.15, 0.2) is 30.7 Å². The van der Waals surface area contributed by atoms with E-state index in [-0.39, 0.29) is 12.4 Å². The first-order valence-electron chi connectivity index (χ1n) is 6.48. The molecule has 1 aromatic carbocycles. The first kappa shape index (κ1) is 13.9. The van der Waals surface area contributed by atoms with Gasteiger partial charge in [-0.2, -0.15) is 0 Å². The number of aryl methyl sites for hydroxylation is 1. The van der Waals surface area contributed by atoms with Gasteiger partial charge < -0.3 is 9.72 Å². The summed E-state index contributed by atoms with van der Waals surface area (Å²) in [6.07, 6.45) is 8.37. The van der Waals surface area contributed by atoms with Crippen LogP contribution in [0.4, 0.5) is 0 Å². The lowest BCUT2D eigenvalue weighted by atomic mass is 9.81. The number of H-pyrrole nitrogens is 1. The average molecular weight is 279 g/mol. The SMILES string of the molecule is COc1ccc2c(c1)CC(Cc1cnc[nH]1)CC2.Cl. The van der Waals surface area contributed by atoms with Crippen molar-refractivity contribution in [1.82, 2.24) is 9.97 Å². The first-order valence-corrected chi connectivity index (χ1v) is 6.48. The number of ether oxygens (including phenoxy) is 1. The zero-order valence-electron chi connectivity index (χ0n) is 11.1. The van der Waals surface area contributed by atoms with E-state index in [4.69, 9.17) is 4.74 Å². The molecule has 0 saturated carbocycles. The van der Waals surface area contributed by atoms with Crippen molar-refractivity contribution in [2.24, 2.45) is 5.92 Å². The number of aromatic amines is 1. The number of methoxy groups -OCH3 is 1. The van der Waals surface area contributed by atoms with Crippen molar-refractivity contribution in [3.8, 4) is 5.75 Å². The molecule has 0 spiro atoms. The maximum atomic E-state index is 5.31. The number of nitrogens with one attached hydrogen (secondary N) is 1. The number of halogens is 1. The molecule has 0 bridgehead atoms. The third kappa shape index (κ3) is 3.10. The molecule has 1 N–H and O–H groups in total. The van der Waals surface area contributed by atoms with Crippen LogP contribution in [-0.4, -0.2) is 17.1 Å². The third-order valence-corrected chi connectivity index (χ3v) is 3.81. The van der Waals surface area contributed by atoms with Gasteiger partial charge in [-0.1, -0.05) is 6.07 Å². The fraction of sp³-hybridized carbons (Fsp3) is 0.400. The Kier molecular flexibility index (Phi) is 4.48. The third-order valence-electron chi connectivity index (χ3n) is 3.81. The summed E-state index contributed by atoms with van der Waals surface area (Å²) in [5.74, 6) is 1.68. The van der Waals surface area contributed by atoms with Gasteiger partial charge >= 0.3 is 0 Å². The molecule has 1 unspecified atom stereocenters. The molecule has 0 radical (unpaired) electrons. The number of fused-ring (bicyclic) bond motifs is 1. The van der Waals surface area contributed by atoms with Crippen LogP contribution in [0.5, 0.6) is 5.75 Å². The van der Waals surface area contributed by atoms with Gasteiger partial charge in [-0.3, -0.25) is 0 Å². The second-order valence-electron chi connectivity index (χ2n) is 5.02. The Bertz CT molecular complexity index is 525. The zero-order valence-corrected chi connectivity index (χ0v) is 11.9. The Morgan fingerprint density at radius 3 is 3.00 bits per heavy atom. The van der Waals surface area contributed by atoms with Crippen molar-refractivity contribution in [2.75, 3.05) is 7.11 Å². The quantitative estimate of drug-likeness (QED) is 0.936. The average Bonchev–Trinajstić information content (AvgIpc) is 2.90. The van der Waals surface area contributed by atoms with E-state index in [1.165, 1.54) is 29.7 Å². The molecule has 3 nitrogen and oxygen atoms in total. The minimum atomic E-state index is 0. The lowest BCUT2D eigenvalue weighted by Gasteiger charge is -2.24. The van der Waals surface area contributed by atoms with Gasteiger partial charge in [-0.25, -0.2) is 4.98 Å². The largest absolute Gasteiger partial charge is 0.497 e. The summed E-state index contributed by atoms with van der Waals surface area (Å²) in [4.78, 5) is 7.28. The van der Waals surface area contributed by atoms with Crippen LogP contribution in [-0.2, 0) is 19.3 Å². The fourth-order valence-electron chi connectivity index (χ4n) is 2.82. The van der Waals surface area contributed by atoms with Crippen LogP contribution in [0.2, 0.25) is 0 Å². The topological polar surface area (TPSA) is 37.9 Å². The molecule has 2 aromatic rings. The fourth-order valence-corrected chi connectivity index (χ4v) is 2.82. The van der Waals surface area contributed by atoms with Crippen molar-refractivity contribution in [1.29, 1.82) is 0 Å². The number of rotatable bonds is 3. The molecule has 0 amide bonds. The smallest absolute Gasteiger partial charge is 0.119 e. The molecular formula is C15H19ClN2O. The Labute approximate surface area is 119 Å². The summed E-state index contributed by atoms with van der Waals surface area (Å²) in [5, 5.41) is 0. The molecule has 1 heterocycles. The summed E-state index contributed by atoms with van der Waals surface area (Å²) >= 11 is 0. The van der Waals surface area contributed by atoms with Gasteiger partial charge in [0.2, 0.25) is 0 Å². The molecule has 102 valence electrons. The highest BCUT2D eigenvalue weighted by Crippen LogP contribution is 2.30. The van der Waals surface area contributed by atoms with Crippen molar-refractivity contribution in [2.45, 2.75) is 25.7 Å². The standard InChI is InChI=1S/C15H18N2O.ClH/c1-18-15-5-4-12-3-2-11(6-13(12)8-15)7-14-9-16-10-17-14;/h4-5,8-11H,2-3,6-7H2,1H3,(H,16,17);1H. The van der Waals surface area contributed by atoms with Gasteiger partial charge in [0.05, 0.1) is 13.4 Å². The van der Waals surface area contributed by atoms with E-state index in [1.54, 1.807) is 13.4 Å². The Hall–Kier alpha value is -1.48. The van der Waals surface area contributed by atoms with Crippen LogP contribution >= 0.6 is 12.4 Å². The van der Waals surface area contributed by atoms with E-state index < -0.39 is 0 Å². The summed E-state index contributed by atoms with van der Waals surface area (Å²) in [5.41, 5.74) is 4.17. The summed E-state index contributed by atoms with van der Waals surface area (Å²) < 4.78 is 5.31. The first-order chi connectivity index (χ1) is 8.85. The van der Waals surface area contributed by atoms with E-state index in [0.717, 1.165) is 18.6 Å². The molecule has 4 heteroatoms. The van der Waals surface area contributed by atoms with Crippen LogP contribution < -0.4 is 4.74 Å². The second kappa shape index (κ2) is 6.11. The van der Waals surface area contributed by atoms with Crippen LogP contribution in [0.1, 0.15) is 23.2 Å². The van der Waals surface area contributed by atoms with Gasteiger partial charge in [-0.05, 0) is 54.9 Å². The van der Waals surface area contributed by atoms with E-state index in [9.17, 15) is 0 Å². The lowest BCUT2D eigenvalue weighted by Crippen LogP contribution is -2.16. The number of nitrogens with zero attached hydrogens (tertiary/aromatic N) is 1.